The van der Waals surface area contributed by atoms with Gasteiger partial charge in [-0.25, -0.2) is 13.2 Å². The highest BCUT2D eigenvalue weighted by Gasteiger charge is 2.38. The van der Waals surface area contributed by atoms with Crippen LogP contribution in [0.15, 0.2) is 70.2 Å². The van der Waals surface area contributed by atoms with Crippen LogP contribution in [0.3, 0.4) is 0 Å². The van der Waals surface area contributed by atoms with Gasteiger partial charge in [-0.1, -0.05) is 22.9 Å². The minimum absolute atomic E-state index is 0.105. The van der Waals surface area contributed by atoms with E-state index in [0.717, 1.165) is 15.9 Å². The molecule has 1 aliphatic rings. The predicted octanol–water partition coefficient (Wildman–Crippen LogP) is 5.44. The lowest BCUT2D eigenvalue weighted by Crippen LogP contribution is -2.39. The highest BCUT2D eigenvalue weighted by Crippen LogP contribution is 2.44. The molecule has 7 nitrogen and oxygen atoms in total. The summed E-state index contributed by atoms with van der Waals surface area (Å²) in [6.07, 6.45) is 1.70. The quantitative estimate of drug-likeness (QED) is 0.341. The van der Waals surface area contributed by atoms with E-state index >= 15 is 0 Å². The first-order valence-corrected chi connectivity index (χ1v) is 12.1. The van der Waals surface area contributed by atoms with Crippen LogP contribution in [0.1, 0.15) is 32.0 Å². The van der Waals surface area contributed by atoms with Crippen molar-refractivity contribution < 1.29 is 22.7 Å². The van der Waals surface area contributed by atoms with Crippen LogP contribution in [0.25, 0.3) is 5.69 Å². The minimum Gasteiger partial charge on any atom is -0.434 e. The first-order chi connectivity index (χ1) is 14.9. The molecule has 1 aromatic heterocycles. The molecule has 1 atom stereocenters. The molecule has 31 heavy (non-hydrogen) atoms. The molecule has 2 aromatic carbocycles. The number of hydrogen-bond acceptors (Lipinski definition) is 5. The van der Waals surface area contributed by atoms with Crippen LogP contribution in [0.5, 0.6) is 5.75 Å². The van der Waals surface area contributed by atoms with Crippen LogP contribution in [-0.2, 0) is 14.8 Å². The maximum atomic E-state index is 13.8. The Kier molecular flexibility index (Phi) is 5.81. The van der Waals surface area contributed by atoms with Crippen LogP contribution < -0.4 is 9.04 Å². The number of sulfonamides is 1. The van der Waals surface area contributed by atoms with E-state index in [1.54, 1.807) is 6.92 Å². The number of ether oxygens (including phenoxy) is 2. The molecule has 0 fully saturated rings. The van der Waals surface area contributed by atoms with Crippen molar-refractivity contribution in [1.29, 1.82) is 0 Å². The van der Waals surface area contributed by atoms with Crippen molar-refractivity contribution in [1.82, 2.24) is 4.57 Å². The fourth-order valence-corrected chi connectivity index (χ4v) is 5.81. The van der Waals surface area contributed by atoms with Gasteiger partial charge >= 0.3 is 6.16 Å². The second-order valence-corrected chi connectivity index (χ2v) is 9.65. The molecule has 0 saturated carbocycles. The summed E-state index contributed by atoms with van der Waals surface area (Å²) in [5.41, 5.74) is 2.29. The highest BCUT2D eigenvalue weighted by molar-refractivity contribution is 9.10. The molecule has 1 unspecified atom stereocenters. The zero-order valence-corrected chi connectivity index (χ0v) is 19.4. The van der Waals surface area contributed by atoms with Crippen molar-refractivity contribution in [2.24, 2.45) is 0 Å². The standard InChI is InChI=1S/C22H21BrN2O5S/c1-3-18-19-6-5-13-24(19)20-12-7-15(23)14-21(20)25(18)31(27,28)17-10-8-16(9-11-17)30-22(26)29-4-2/h5-14,18H,3-4H2,1-2H3. The Morgan fingerprint density at radius 3 is 2.48 bits per heavy atom. The monoisotopic (exact) mass is 504 g/mol. The van der Waals surface area contributed by atoms with Gasteiger partial charge < -0.3 is 14.0 Å². The topological polar surface area (TPSA) is 77.8 Å². The van der Waals surface area contributed by atoms with Gasteiger partial charge in [-0.3, -0.25) is 4.31 Å². The molecule has 0 radical (unpaired) electrons. The summed E-state index contributed by atoms with van der Waals surface area (Å²) >= 11 is 3.47. The molecule has 0 bridgehead atoms. The third kappa shape index (κ3) is 3.83. The number of carbonyl (C=O) groups excluding carboxylic acids is 1. The van der Waals surface area contributed by atoms with Crippen LogP contribution in [-0.4, -0.2) is 25.7 Å². The minimum atomic E-state index is -3.90. The molecule has 2 heterocycles. The Morgan fingerprint density at radius 1 is 1.06 bits per heavy atom. The summed E-state index contributed by atoms with van der Waals surface area (Å²) < 4.78 is 41.6. The Hall–Kier alpha value is -2.78. The Morgan fingerprint density at radius 2 is 1.81 bits per heavy atom. The zero-order valence-electron chi connectivity index (χ0n) is 17.0. The van der Waals surface area contributed by atoms with Gasteiger partial charge in [0.05, 0.1) is 28.9 Å². The molecule has 1 aliphatic heterocycles. The normalized spacial score (nSPS) is 15.2. The summed E-state index contributed by atoms with van der Waals surface area (Å²) in [6, 6.07) is 14.9. The van der Waals surface area contributed by atoms with Gasteiger partial charge in [-0.15, -0.1) is 0 Å². The summed E-state index contributed by atoms with van der Waals surface area (Å²) in [7, 11) is -3.90. The number of rotatable bonds is 5. The van der Waals surface area contributed by atoms with Crippen molar-refractivity contribution in [3.05, 3.63) is 71.0 Å². The molecule has 0 N–H and O–H groups in total. The summed E-state index contributed by atoms with van der Waals surface area (Å²) in [5.74, 6) is 0.208. The lowest BCUT2D eigenvalue weighted by atomic mass is 10.1. The summed E-state index contributed by atoms with van der Waals surface area (Å²) in [5, 5.41) is 0. The largest absolute Gasteiger partial charge is 0.513 e. The van der Waals surface area contributed by atoms with Gasteiger partial charge in [0.2, 0.25) is 0 Å². The summed E-state index contributed by atoms with van der Waals surface area (Å²) in [4.78, 5) is 11.6. The lowest BCUT2D eigenvalue weighted by molar-refractivity contribution is 0.104. The lowest BCUT2D eigenvalue weighted by Gasteiger charge is -2.38. The van der Waals surface area contributed by atoms with Crippen molar-refractivity contribution in [2.45, 2.75) is 31.2 Å². The number of anilines is 1. The highest BCUT2D eigenvalue weighted by atomic mass is 79.9. The molecule has 4 rings (SSSR count). The van der Waals surface area contributed by atoms with Gasteiger partial charge in [0.1, 0.15) is 5.75 Å². The van der Waals surface area contributed by atoms with Gasteiger partial charge in [0, 0.05) is 16.4 Å². The average Bonchev–Trinajstić information content (AvgIpc) is 3.22. The third-order valence-corrected chi connectivity index (χ3v) is 7.40. The maximum Gasteiger partial charge on any atom is 0.513 e. The molecule has 0 amide bonds. The fraction of sp³-hybridized carbons (Fsp3) is 0.227. The van der Waals surface area contributed by atoms with Crippen molar-refractivity contribution in [2.75, 3.05) is 10.9 Å². The van der Waals surface area contributed by atoms with Crippen LogP contribution in [0.2, 0.25) is 0 Å². The molecular weight excluding hydrogens is 484 g/mol. The van der Waals surface area contributed by atoms with E-state index in [4.69, 9.17) is 9.47 Å². The van der Waals surface area contributed by atoms with Crippen LogP contribution in [0.4, 0.5) is 10.5 Å². The van der Waals surface area contributed by atoms with Gasteiger partial charge in [0.25, 0.3) is 10.0 Å². The van der Waals surface area contributed by atoms with Gasteiger partial charge in [-0.05, 0) is 67.9 Å². The predicted molar refractivity (Wildman–Crippen MR) is 120 cm³/mol. The summed E-state index contributed by atoms with van der Waals surface area (Å²) in [6.45, 7) is 3.82. The van der Waals surface area contributed by atoms with Crippen LogP contribution in [0, 0.1) is 0 Å². The molecule has 9 heteroatoms. The van der Waals surface area contributed by atoms with Gasteiger partial charge in [0.15, 0.2) is 0 Å². The van der Waals surface area contributed by atoms with Crippen molar-refractivity contribution in [3.8, 4) is 11.4 Å². The Balaban J connectivity index is 1.77. The number of benzene rings is 2. The maximum absolute atomic E-state index is 13.8. The van der Waals surface area contributed by atoms with Crippen LogP contribution >= 0.6 is 15.9 Å². The number of aromatic nitrogens is 1. The molecule has 3 aromatic rings. The second kappa shape index (κ2) is 8.39. The number of fused-ring (bicyclic) bond motifs is 3. The zero-order chi connectivity index (χ0) is 22.2. The second-order valence-electron chi connectivity index (χ2n) is 6.92. The van der Waals surface area contributed by atoms with Gasteiger partial charge in [-0.2, -0.15) is 0 Å². The Labute approximate surface area is 189 Å². The fourth-order valence-electron chi connectivity index (χ4n) is 3.76. The van der Waals surface area contributed by atoms with E-state index in [1.807, 2.05) is 48.0 Å². The first-order valence-electron chi connectivity index (χ1n) is 9.83. The van der Waals surface area contributed by atoms with E-state index < -0.39 is 16.2 Å². The molecule has 0 saturated heterocycles. The van der Waals surface area contributed by atoms with E-state index in [0.29, 0.717) is 12.1 Å². The first kappa shape index (κ1) is 21.5. The smallest absolute Gasteiger partial charge is 0.434 e. The molecule has 162 valence electrons. The number of nitrogens with zero attached hydrogens (tertiary/aromatic N) is 2. The molecular formula is C22H21BrN2O5S. The van der Waals surface area contributed by atoms with E-state index in [1.165, 1.54) is 28.6 Å². The third-order valence-electron chi connectivity index (χ3n) is 5.07. The number of hydrogen-bond donors (Lipinski definition) is 0. The number of carbonyl (C=O) groups is 1. The van der Waals surface area contributed by atoms with E-state index in [2.05, 4.69) is 15.9 Å². The Bertz CT molecular complexity index is 1220. The van der Waals surface area contributed by atoms with E-state index in [-0.39, 0.29) is 23.3 Å². The van der Waals surface area contributed by atoms with E-state index in [9.17, 15) is 13.2 Å². The molecule has 0 aliphatic carbocycles. The number of halogens is 1. The molecule has 0 spiro atoms. The van der Waals surface area contributed by atoms with Crippen molar-refractivity contribution >= 4 is 37.8 Å². The average molecular weight is 505 g/mol. The SMILES string of the molecule is CCOC(=O)Oc1ccc(S(=O)(=O)N2c3cc(Br)ccc3-n3cccc3C2CC)cc1. The van der Waals surface area contributed by atoms with Crippen molar-refractivity contribution in [3.63, 3.8) is 0 Å².